The van der Waals surface area contributed by atoms with E-state index >= 15 is 0 Å². The van der Waals surface area contributed by atoms with Crippen LogP contribution in [0.3, 0.4) is 0 Å². The standard InChI is InChI=1S/C11H12FNO/c1-3-4-11(14)13-10-6-5-8(2)7-9(10)12/h3-7H,1-2H3,(H,13,14). The molecule has 0 spiro atoms. The quantitative estimate of drug-likeness (QED) is 0.719. The molecule has 0 aromatic heterocycles. The zero-order chi connectivity index (χ0) is 10.6. The van der Waals surface area contributed by atoms with Gasteiger partial charge >= 0.3 is 0 Å². The Morgan fingerprint density at radius 1 is 1.50 bits per heavy atom. The normalized spacial score (nSPS) is 10.5. The SMILES string of the molecule is CC=CC(=O)Nc1ccc(C)cc1F. The molecule has 0 aliphatic rings. The molecule has 0 saturated carbocycles. The lowest BCUT2D eigenvalue weighted by atomic mass is 10.2. The summed E-state index contributed by atoms with van der Waals surface area (Å²) < 4.78 is 13.2. The molecule has 0 radical (unpaired) electrons. The number of carbonyl (C=O) groups excluding carboxylic acids is 1. The Bertz CT molecular complexity index is 372. The van der Waals surface area contributed by atoms with E-state index in [1.54, 1.807) is 32.1 Å². The number of hydrogen-bond acceptors (Lipinski definition) is 1. The van der Waals surface area contributed by atoms with Crippen LogP contribution in [0, 0.1) is 12.7 Å². The number of amides is 1. The van der Waals surface area contributed by atoms with Crippen molar-refractivity contribution in [1.29, 1.82) is 0 Å². The third kappa shape index (κ3) is 2.69. The summed E-state index contributed by atoms with van der Waals surface area (Å²) in [7, 11) is 0. The second kappa shape index (κ2) is 4.56. The number of hydrogen-bond donors (Lipinski definition) is 1. The number of benzene rings is 1. The van der Waals surface area contributed by atoms with Crippen LogP contribution in [-0.2, 0) is 4.79 Å². The van der Waals surface area contributed by atoms with Crippen molar-refractivity contribution in [3.63, 3.8) is 0 Å². The van der Waals surface area contributed by atoms with E-state index in [-0.39, 0.29) is 11.6 Å². The van der Waals surface area contributed by atoms with E-state index in [1.807, 2.05) is 0 Å². The largest absolute Gasteiger partial charge is 0.320 e. The first kappa shape index (κ1) is 10.4. The van der Waals surface area contributed by atoms with E-state index in [9.17, 15) is 9.18 Å². The van der Waals surface area contributed by atoms with Crippen LogP contribution in [0.25, 0.3) is 0 Å². The summed E-state index contributed by atoms with van der Waals surface area (Å²) in [6, 6.07) is 4.67. The van der Waals surface area contributed by atoms with Crippen LogP contribution < -0.4 is 5.32 Å². The molecule has 1 aromatic rings. The first-order valence-electron chi connectivity index (χ1n) is 4.33. The van der Waals surface area contributed by atoms with Crippen LogP contribution in [0.2, 0.25) is 0 Å². The van der Waals surface area contributed by atoms with Crippen molar-refractivity contribution in [2.75, 3.05) is 5.32 Å². The predicted molar refractivity (Wildman–Crippen MR) is 54.6 cm³/mol. The highest BCUT2D eigenvalue weighted by atomic mass is 19.1. The molecule has 3 heteroatoms. The van der Waals surface area contributed by atoms with Gasteiger partial charge in [0.2, 0.25) is 5.91 Å². The molecule has 2 nitrogen and oxygen atoms in total. The van der Waals surface area contributed by atoms with Crippen LogP contribution in [0.5, 0.6) is 0 Å². The van der Waals surface area contributed by atoms with Crippen molar-refractivity contribution < 1.29 is 9.18 Å². The van der Waals surface area contributed by atoms with Gasteiger partial charge in [-0.1, -0.05) is 12.1 Å². The smallest absolute Gasteiger partial charge is 0.248 e. The van der Waals surface area contributed by atoms with E-state index in [0.29, 0.717) is 0 Å². The molecule has 0 bridgehead atoms. The molecule has 0 aliphatic heterocycles. The van der Waals surface area contributed by atoms with Gasteiger partial charge in [0, 0.05) is 0 Å². The average molecular weight is 193 g/mol. The number of nitrogens with one attached hydrogen (secondary N) is 1. The molecule has 0 aliphatic carbocycles. The molecular weight excluding hydrogens is 181 g/mol. The van der Waals surface area contributed by atoms with Crippen LogP contribution in [0.15, 0.2) is 30.4 Å². The zero-order valence-electron chi connectivity index (χ0n) is 8.17. The molecule has 1 amide bonds. The summed E-state index contributed by atoms with van der Waals surface area (Å²) in [6.07, 6.45) is 2.95. The minimum absolute atomic E-state index is 0.207. The fourth-order valence-electron chi connectivity index (χ4n) is 1.05. The van der Waals surface area contributed by atoms with E-state index in [4.69, 9.17) is 0 Å². The maximum absolute atomic E-state index is 13.2. The average Bonchev–Trinajstić information content (AvgIpc) is 2.10. The lowest BCUT2D eigenvalue weighted by Gasteiger charge is -2.03. The van der Waals surface area contributed by atoms with E-state index in [2.05, 4.69) is 5.32 Å². The third-order valence-electron chi connectivity index (χ3n) is 1.70. The number of rotatable bonds is 2. The topological polar surface area (TPSA) is 29.1 Å². The van der Waals surface area contributed by atoms with E-state index in [0.717, 1.165) is 5.56 Å². The summed E-state index contributed by atoms with van der Waals surface area (Å²) in [5.74, 6) is -0.738. The summed E-state index contributed by atoms with van der Waals surface area (Å²) in [4.78, 5) is 11.1. The van der Waals surface area contributed by atoms with Crippen molar-refractivity contribution in [2.45, 2.75) is 13.8 Å². The van der Waals surface area contributed by atoms with Gasteiger partial charge in [0.1, 0.15) is 5.82 Å². The molecule has 1 N–H and O–H groups in total. The van der Waals surface area contributed by atoms with Crippen molar-refractivity contribution in [2.24, 2.45) is 0 Å². The molecule has 1 aromatic carbocycles. The van der Waals surface area contributed by atoms with Crippen molar-refractivity contribution in [3.8, 4) is 0 Å². The van der Waals surface area contributed by atoms with Gasteiger partial charge in [0.05, 0.1) is 5.69 Å². The third-order valence-corrected chi connectivity index (χ3v) is 1.70. The van der Waals surface area contributed by atoms with Crippen molar-refractivity contribution >= 4 is 11.6 Å². The fourth-order valence-corrected chi connectivity index (χ4v) is 1.05. The van der Waals surface area contributed by atoms with Crippen molar-refractivity contribution in [3.05, 3.63) is 41.7 Å². The first-order valence-corrected chi connectivity index (χ1v) is 4.33. The summed E-state index contributed by atoms with van der Waals surface area (Å²) in [5, 5.41) is 2.44. The minimum Gasteiger partial charge on any atom is -0.320 e. The highest BCUT2D eigenvalue weighted by Gasteiger charge is 2.03. The Kier molecular flexibility index (Phi) is 3.40. The molecule has 0 unspecified atom stereocenters. The Morgan fingerprint density at radius 2 is 2.21 bits per heavy atom. The Hall–Kier alpha value is -1.64. The van der Waals surface area contributed by atoms with Crippen LogP contribution in [0.1, 0.15) is 12.5 Å². The van der Waals surface area contributed by atoms with Crippen LogP contribution in [0.4, 0.5) is 10.1 Å². The highest BCUT2D eigenvalue weighted by molar-refractivity contribution is 5.99. The van der Waals surface area contributed by atoms with Gasteiger partial charge in [-0.15, -0.1) is 0 Å². The molecule has 74 valence electrons. The van der Waals surface area contributed by atoms with Gasteiger partial charge in [-0.25, -0.2) is 4.39 Å². The molecule has 0 saturated heterocycles. The van der Waals surface area contributed by atoms with Gasteiger partial charge in [-0.05, 0) is 37.6 Å². The lowest BCUT2D eigenvalue weighted by molar-refractivity contribution is -0.111. The van der Waals surface area contributed by atoms with Gasteiger partial charge < -0.3 is 5.32 Å². The maximum Gasteiger partial charge on any atom is 0.248 e. The lowest BCUT2D eigenvalue weighted by Crippen LogP contribution is -2.09. The Morgan fingerprint density at radius 3 is 2.79 bits per heavy atom. The van der Waals surface area contributed by atoms with Gasteiger partial charge in [0.25, 0.3) is 0 Å². The number of anilines is 1. The number of halogens is 1. The minimum atomic E-state index is -0.414. The Balaban J connectivity index is 2.82. The van der Waals surface area contributed by atoms with Gasteiger partial charge in [-0.3, -0.25) is 4.79 Å². The molecule has 14 heavy (non-hydrogen) atoms. The summed E-state index contributed by atoms with van der Waals surface area (Å²) in [5.41, 5.74) is 1.03. The first-order chi connectivity index (χ1) is 6.63. The number of allylic oxidation sites excluding steroid dienone is 1. The predicted octanol–water partition coefficient (Wildman–Crippen LogP) is 2.65. The Labute approximate surface area is 82.4 Å². The summed E-state index contributed by atoms with van der Waals surface area (Å²) >= 11 is 0. The zero-order valence-corrected chi connectivity index (χ0v) is 8.17. The monoisotopic (exact) mass is 193 g/mol. The van der Waals surface area contributed by atoms with Crippen LogP contribution in [-0.4, -0.2) is 5.91 Å². The number of carbonyl (C=O) groups is 1. The van der Waals surface area contributed by atoms with E-state index < -0.39 is 5.82 Å². The fraction of sp³-hybridized carbons (Fsp3) is 0.182. The molecule has 0 fully saturated rings. The number of aryl methyl sites for hydroxylation is 1. The molecule has 0 atom stereocenters. The summed E-state index contributed by atoms with van der Waals surface area (Å²) in [6.45, 7) is 3.52. The molecular formula is C11H12FNO. The molecule has 1 rings (SSSR count). The second-order valence-electron chi connectivity index (χ2n) is 2.97. The van der Waals surface area contributed by atoms with Crippen molar-refractivity contribution in [1.82, 2.24) is 0 Å². The maximum atomic E-state index is 13.2. The second-order valence-corrected chi connectivity index (χ2v) is 2.97. The van der Waals surface area contributed by atoms with Gasteiger partial charge in [0.15, 0.2) is 0 Å². The van der Waals surface area contributed by atoms with E-state index in [1.165, 1.54) is 12.1 Å². The van der Waals surface area contributed by atoms with Gasteiger partial charge in [-0.2, -0.15) is 0 Å². The highest BCUT2D eigenvalue weighted by Crippen LogP contribution is 2.14. The molecule has 0 heterocycles. The van der Waals surface area contributed by atoms with Crippen LogP contribution >= 0.6 is 0 Å².